The van der Waals surface area contributed by atoms with E-state index in [1.165, 1.54) is 4.88 Å². The Morgan fingerprint density at radius 3 is 2.44 bits per heavy atom. The van der Waals surface area contributed by atoms with E-state index in [1.807, 2.05) is 27.7 Å². The van der Waals surface area contributed by atoms with Gasteiger partial charge in [0.2, 0.25) is 5.91 Å². The zero-order valence-corrected chi connectivity index (χ0v) is 11.2. The van der Waals surface area contributed by atoms with Crippen LogP contribution < -0.4 is 11.1 Å². The third-order valence-corrected chi connectivity index (χ3v) is 3.81. The molecule has 0 aromatic carbocycles. The molecule has 0 aliphatic carbocycles. The predicted octanol–water partition coefficient (Wildman–Crippen LogP) is 1.46. The molecule has 0 spiro atoms. The Bertz CT molecular complexity index is 376. The minimum atomic E-state index is -0.499. The molecule has 1 amide bonds. The van der Waals surface area contributed by atoms with Crippen molar-refractivity contribution >= 4 is 17.2 Å². The van der Waals surface area contributed by atoms with Crippen molar-refractivity contribution < 1.29 is 4.79 Å². The Morgan fingerprint density at radius 2 is 2.06 bits per heavy atom. The highest BCUT2D eigenvalue weighted by molar-refractivity contribution is 7.11. The largest absolute Gasteiger partial charge is 0.343 e. The highest BCUT2D eigenvalue weighted by Crippen LogP contribution is 2.27. The number of nitrogens with two attached hydrogens (primary N) is 1. The van der Waals surface area contributed by atoms with Gasteiger partial charge in [0.1, 0.15) is 5.01 Å². The standard InChI is InChI=1S/C11H19N3OS/c1-6(12)9(15)14-11(4,5)10-13-7(2)8(3)16-10/h6H,12H2,1-5H3,(H,14,15). The summed E-state index contributed by atoms with van der Waals surface area (Å²) in [6, 6.07) is -0.499. The molecule has 0 saturated carbocycles. The van der Waals surface area contributed by atoms with Crippen LogP contribution in [0.25, 0.3) is 0 Å². The summed E-state index contributed by atoms with van der Waals surface area (Å²) in [6.45, 7) is 9.54. The van der Waals surface area contributed by atoms with Gasteiger partial charge >= 0.3 is 0 Å². The van der Waals surface area contributed by atoms with Crippen LogP contribution in [-0.4, -0.2) is 16.9 Å². The van der Waals surface area contributed by atoms with Crippen LogP contribution in [0, 0.1) is 13.8 Å². The van der Waals surface area contributed by atoms with Crippen LogP contribution >= 0.6 is 11.3 Å². The van der Waals surface area contributed by atoms with Crippen molar-refractivity contribution in [3.63, 3.8) is 0 Å². The van der Waals surface area contributed by atoms with Gasteiger partial charge in [-0.1, -0.05) is 0 Å². The monoisotopic (exact) mass is 241 g/mol. The fraction of sp³-hybridized carbons (Fsp3) is 0.636. The van der Waals surface area contributed by atoms with Crippen molar-refractivity contribution in [3.8, 4) is 0 Å². The van der Waals surface area contributed by atoms with Gasteiger partial charge in [-0.25, -0.2) is 4.98 Å². The fourth-order valence-electron chi connectivity index (χ4n) is 1.22. The van der Waals surface area contributed by atoms with E-state index >= 15 is 0 Å². The van der Waals surface area contributed by atoms with E-state index in [2.05, 4.69) is 10.3 Å². The maximum Gasteiger partial charge on any atom is 0.237 e. The van der Waals surface area contributed by atoms with Crippen LogP contribution in [0.5, 0.6) is 0 Å². The molecule has 4 nitrogen and oxygen atoms in total. The first-order valence-corrected chi connectivity index (χ1v) is 6.08. The van der Waals surface area contributed by atoms with E-state index in [-0.39, 0.29) is 5.91 Å². The minimum Gasteiger partial charge on any atom is -0.343 e. The molecule has 0 bridgehead atoms. The summed E-state index contributed by atoms with van der Waals surface area (Å²) in [5.74, 6) is -0.157. The van der Waals surface area contributed by atoms with Crippen LogP contribution in [0.3, 0.4) is 0 Å². The molecule has 1 rings (SSSR count). The Kier molecular flexibility index (Phi) is 3.70. The molecule has 1 unspecified atom stereocenters. The number of carbonyl (C=O) groups excluding carboxylic acids is 1. The summed E-state index contributed by atoms with van der Waals surface area (Å²) in [7, 11) is 0. The lowest BCUT2D eigenvalue weighted by Crippen LogP contribution is -2.47. The highest BCUT2D eigenvalue weighted by atomic mass is 32.1. The predicted molar refractivity (Wildman–Crippen MR) is 66.4 cm³/mol. The summed E-state index contributed by atoms with van der Waals surface area (Å²) >= 11 is 1.61. The molecule has 0 aliphatic rings. The van der Waals surface area contributed by atoms with Crippen LogP contribution in [0.2, 0.25) is 0 Å². The molecule has 1 heterocycles. The smallest absolute Gasteiger partial charge is 0.237 e. The van der Waals surface area contributed by atoms with Gasteiger partial charge in [-0.3, -0.25) is 4.79 Å². The SMILES string of the molecule is Cc1nc(C(C)(C)NC(=O)C(C)N)sc1C. The molecular formula is C11H19N3OS. The van der Waals surface area contributed by atoms with E-state index < -0.39 is 11.6 Å². The zero-order valence-electron chi connectivity index (χ0n) is 10.4. The van der Waals surface area contributed by atoms with Gasteiger partial charge in [-0.2, -0.15) is 0 Å². The second kappa shape index (κ2) is 4.51. The molecule has 0 radical (unpaired) electrons. The summed E-state index contributed by atoms with van der Waals surface area (Å²) < 4.78 is 0. The highest BCUT2D eigenvalue weighted by Gasteiger charge is 2.27. The second-order valence-electron chi connectivity index (χ2n) is 4.56. The van der Waals surface area contributed by atoms with E-state index in [1.54, 1.807) is 18.3 Å². The van der Waals surface area contributed by atoms with Gasteiger partial charge in [0, 0.05) is 4.88 Å². The Balaban J connectivity index is 2.89. The van der Waals surface area contributed by atoms with Crippen LogP contribution in [0.4, 0.5) is 0 Å². The second-order valence-corrected chi connectivity index (χ2v) is 5.77. The molecule has 1 atom stereocenters. The van der Waals surface area contributed by atoms with Crippen LogP contribution in [0.1, 0.15) is 36.3 Å². The van der Waals surface area contributed by atoms with Crippen molar-refractivity contribution in [2.75, 3.05) is 0 Å². The molecule has 1 aromatic heterocycles. The number of rotatable bonds is 3. The van der Waals surface area contributed by atoms with Crippen LogP contribution in [-0.2, 0) is 10.3 Å². The van der Waals surface area contributed by atoms with Crippen molar-refractivity contribution in [1.29, 1.82) is 0 Å². The molecule has 16 heavy (non-hydrogen) atoms. The third kappa shape index (κ3) is 2.80. The summed E-state index contributed by atoms with van der Waals surface area (Å²) in [5, 5.41) is 3.81. The molecule has 0 aliphatic heterocycles. The van der Waals surface area contributed by atoms with E-state index in [0.29, 0.717) is 0 Å². The fourth-order valence-corrected chi connectivity index (χ4v) is 2.19. The maximum absolute atomic E-state index is 11.6. The maximum atomic E-state index is 11.6. The molecule has 0 fully saturated rings. The van der Waals surface area contributed by atoms with Gasteiger partial charge in [0.05, 0.1) is 17.3 Å². The first kappa shape index (κ1) is 13.1. The molecular weight excluding hydrogens is 222 g/mol. The van der Waals surface area contributed by atoms with Gasteiger partial charge in [0.25, 0.3) is 0 Å². The van der Waals surface area contributed by atoms with Crippen molar-refractivity contribution in [3.05, 3.63) is 15.6 Å². The van der Waals surface area contributed by atoms with E-state index in [0.717, 1.165) is 10.7 Å². The van der Waals surface area contributed by atoms with Gasteiger partial charge in [0.15, 0.2) is 0 Å². The van der Waals surface area contributed by atoms with E-state index in [4.69, 9.17) is 5.73 Å². The minimum absolute atomic E-state index is 0.157. The number of aromatic nitrogens is 1. The summed E-state index contributed by atoms with van der Waals surface area (Å²) in [5.41, 5.74) is 6.08. The molecule has 1 aromatic rings. The first-order valence-electron chi connectivity index (χ1n) is 5.26. The Hall–Kier alpha value is -0.940. The number of hydrogen-bond donors (Lipinski definition) is 2. The number of aryl methyl sites for hydroxylation is 2. The number of carbonyl (C=O) groups is 1. The topological polar surface area (TPSA) is 68.0 Å². The van der Waals surface area contributed by atoms with E-state index in [9.17, 15) is 4.79 Å². The van der Waals surface area contributed by atoms with Crippen molar-refractivity contribution in [2.24, 2.45) is 5.73 Å². The lowest BCUT2D eigenvalue weighted by atomic mass is 10.1. The number of amides is 1. The number of nitrogens with one attached hydrogen (secondary N) is 1. The summed E-state index contributed by atoms with van der Waals surface area (Å²) in [6.07, 6.45) is 0. The quantitative estimate of drug-likeness (QED) is 0.842. The third-order valence-electron chi connectivity index (χ3n) is 2.41. The van der Waals surface area contributed by atoms with Crippen molar-refractivity contribution in [1.82, 2.24) is 10.3 Å². The molecule has 90 valence electrons. The lowest BCUT2D eigenvalue weighted by Gasteiger charge is -2.24. The van der Waals surface area contributed by atoms with Gasteiger partial charge in [-0.15, -0.1) is 11.3 Å². The zero-order chi connectivity index (χ0) is 12.5. The van der Waals surface area contributed by atoms with Crippen LogP contribution in [0.15, 0.2) is 0 Å². The normalized spacial score (nSPS) is 13.6. The summed E-state index contributed by atoms with van der Waals surface area (Å²) in [4.78, 5) is 17.2. The molecule has 3 N–H and O–H groups in total. The average Bonchev–Trinajstić information content (AvgIpc) is 2.47. The van der Waals surface area contributed by atoms with Crippen molar-refractivity contribution in [2.45, 2.75) is 46.2 Å². The molecule has 5 heteroatoms. The van der Waals surface area contributed by atoms with Gasteiger partial charge in [-0.05, 0) is 34.6 Å². The lowest BCUT2D eigenvalue weighted by molar-refractivity contribution is -0.123. The first-order chi connectivity index (χ1) is 7.24. The number of hydrogen-bond acceptors (Lipinski definition) is 4. The average molecular weight is 241 g/mol. The Morgan fingerprint density at radius 1 is 1.50 bits per heavy atom. The molecule has 0 saturated heterocycles. The van der Waals surface area contributed by atoms with Gasteiger partial charge < -0.3 is 11.1 Å². The number of nitrogens with zero attached hydrogens (tertiary/aromatic N) is 1. The number of thiazole rings is 1. The Labute approximate surface area is 100 Å².